The number of hydrogen-bond donors (Lipinski definition) is 1. The van der Waals surface area contributed by atoms with E-state index in [0.717, 1.165) is 11.6 Å². The largest absolute Gasteiger partial charge is 0.418 e. The van der Waals surface area contributed by atoms with Gasteiger partial charge < -0.3 is 10.2 Å². The van der Waals surface area contributed by atoms with E-state index in [1.165, 1.54) is 23.1 Å². The number of carbonyl (C=O) groups excluding carboxylic acids is 2. The number of benzene rings is 1. The molecule has 1 saturated heterocycles. The van der Waals surface area contributed by atoms with Crippen LogP contribution in [0.1, 0.15) is 17.5 Å². The van der Waals surface area contributed by atoms with Crippen LogP contribution in [0.3, 0.4) is 0 Å². The molecule has 0 bridgehead atoms. The maximum Gasteiger partial charge on any atom is 0.418 e. The summed E-state index contributed by atoms with van der Waals surface area (Å²) in [5.74, 6) is -1.50. The SMILES string of the molecule is O=C(Nc1ccccc1C(F)(F)F)C1CC(=O)N(Cc2cccnc2)C1. The lowest BCUT2D eigenvalue weighted by molar-refractivity contribution is -0.137. The fourth-order valence-electron chi connectivity index (χ4n) is 2.89. The second-order valence-electron chi connectivity index (χ2n) is 6.07. The molecule has 1 N–H and O–H groups in total. The van der Waals surface area contributed by atoms with E-state index < -0.39 is 23.6 Å². The lowest BCUT2D eigenvalue weighted by Gasteiger charge is -2.17. The fraction of sp³-hybridized carbons (Fsp3) is 0.278. The Balaban J connectivity index is 1.68. The van der Waals surface area contributed by atoms with E-state index >= 15 is 0 Å². The highest BCUT2D eigenvalue weighted by Gasteiger charge is 2.37. The van der Waals surface area contributed by atoms with Crippen LogP contribution in [0.25, 0.3) is 0 Å². The maximum atomic E-state index is 13.0. The number of likely N-dealkylation sites (tertiary alicyclic amines) is 1. The Hall–Kier alpha value is -2.90. The van der Waals surface area contributed by atoms with E-state index in [1.807, 2.05) is 6.07 Å². The summed E-state index contributed by atoms with van der Waals surface area (Å²) in [5, 5.41) is 2.31. The van der Waals surface area contributed by atoms with Crippen LogP contribution in [0.4, 0.5) is 18.9 Å². The van der Waals surface area contributed by atoms with Crippen LogP contribution >= 0.6 is 0 Å². The zero-order valence-corrected chi connectivity index (χ0v) is 13.7. The zero-order chi connectivity index (χ0) is 18.7. The second-order valence-corrected chi connectivity index (χ2v) is 6.07. The van der Waals surface area contributed by atoms with Crippen molar-refractivity contribution in [1.29, 1.82) is 0 Å². The van der Waals surface area contributed by atoms with Crippen molar-refractivity contribution >= 4 is 17.5 Å². The van der Waals surface area contributed by atoms with Gasteiger partial charge in [-0.2, -0.15) is 13.2 Å². The van der Waals surface area contributed by atoms with E-state index in [1.54, 1.807) is 18.5 Å². The predicted octanol–water partition coefficient (Wildman–Crippen LogP) is 3.09. The van der Waals surface area contributed by atoms with Gasteiger partial charge in [-0.25, -0.2) is 0 Å². The van der Waals surface area contributed by atoms with Crippen LogP contribution in [-0.2, 0) is 22.3 Å². The first kappa shape index (κ1) is 17.9. The highest BCUT2D eigenvalue weighted by molar-refractivity contribution is 5.97. The molecular weight excluding hydrogens is 347 g/mol. The number of hydrogen-bond acceptors (Lipinski definition) is 3. The van der Waals surface area contributed by atoms with Crippen molar-refractivity contribution in [3.05, 3.63) is 59.9 Å². The van der Waals surface area contributed by atoms with Gasteiger partial charge in [0.1, 0.15) is 0 Å². The summed E-state index contributed by atoms with van der Waals surface area (Å²) in [4.78, 5) is 30.0. The minimum atomic E-state index is -4.57. The standard InChI is InChI=1S/C18H16F3N3O2/c19-18(20,21)14-5-1-2-6-15(14)23-17(26)13-8-16(25)24(11-13)10-12-4-3-7-22-9-12/h1-7,9,13H,8,10-11H2,(H,23,26). The summed E-state index contributed by atoms with van der Waals surface area (Å²) in [7, 11) is 0. The van der Waals surface area contributed by atoms with Crippen molar-refractivity contribution in [3.8, 4) is 0 Å². The Morgan fingerprint density at radius 3 is 2.69 bits per heavy atom. The summed E-state index contributed by atoms with van der Waals surface area (Å²) in [5.41, 5.74) is -0.391. The summed E-state index contributed by atoms with van der Waals surface area (Å²) in [6.45, 7) is 0.476. The third-order valence-corrected chi connectivity index (χ3v) is 4.17. The molecule has 2 heterocycles. The zero-order valence-electron chi connectivity index (χ0n) is 13.7. The molecule has 136 valence electrons. The summed E-state index contributed by atoms with van der Waals surface area (Å²) in [6.07, 6.45) is -1.36. The number of pyridine rings is 1. The molecule has 5 nitrogen and oxygen atoms in total. The predicted molar refractivity (Wildman–Crippen MR) is 87.8 cm³/mol. The first-order chi connectivity index (χ1) is 12.3. The molecule has 1 unspecified atom stereocenters. The van der Waals surface area contributed by atoms with Gasteiger partial charge in [0.15, 0.2) is 0 Å². The Kier molecular flexibility index (Phi) is 4.92. The van der Waals surface area contributed by atoms with Crippen LogP contribution in [0, 0.1) is 5.92 Å². The van der Waals surface area contributed by atoms with Crippen LogP contribution in [0.2, 0.25) is 0 Å². The van der Waals surface area contributed by atoms with Gasteiger partial charge in [0, 0.05) is 31.9 Å². The van der Waals surface area contributed by atoms with Crippen molar-refractivity contribution in [1.82, 2.24) is 9.88 Å². The molecule has 0 aliphatic carbocycles. The molecule has 1 aromatic heterocycles. The monoisotopic (exact) mass is 363 g/mol. The number of aromatic nitrogens is 1. The van der Waals surface area contributed by atoms with Gasteiger partial charge in [-0.05, 0) is 23.8 Å². The third kappa shape index (κ3) is 4.01. The topological polar surface area (TPSA) is 62.3 Å². The second kappa shape index (κ2) is 7.15. The number of halogens is 3. The smallest absolute Gasteiger partial charge is 0.337 e. The number of carbonyl (C=O) groups is 2. The van der Waals surface area contributed by atoms with Crippen molar-refractivity contribution in [2.45, 2.75) is 19.1 Å². The highest BCUT2D eigenvalue weighted by Crippen LogP contribution is 2.35. The van der Waals surface area contributed by atoms with Crippen LogP contribution in [0.5, 0.6) is 0 Å². The van der Waals surface area contributed by atoms with Gasteiger partial charge in [0.05, 0.1) is 17.2 Å². The molecule has 1 fully saturated rings. The minimum absolute atomic E-state index is 0.0275. The third-order valence-electron chi connectivity index (χ3n) is 4.17. The average molecular weight is 363 g/mol. The Bertz CT molecular complexity index is 809. The van der Waals surface area contributed by atoms with Gasteiger partial charge in [-0.3, -0.25) is 14.6 Å². The molecule has 2 amide bonds. The number of nitrogens with one attached hydrogen (secondary N) is 1. The number of para-hydroxylation sites is 1. The normalized spacial score (nSPS) is 17.4. The van der Waals surface area contributed by atoms with E-state index in [9.17, 15) is 22.8 Å². The molecule has 2 aromatic rings. The number of rotatable bonds is 4. The van der Waals surface area contributed by atoms with Gasteiger partial charge in [0.25, 0.3) is 0 Å². The Labute approximate surface area is 147 Å². The summed E-state index contributed by atoms with van der Waals surface area (Å²) in [6, 6.07) is 8.34. The summed E-state index contributed by atoms with van der Waals surface area (Å²) < 4.78 is 39.1. The minimum Gasteiger partial charge on any atom is -0.337 e. The molecule has 1 aliphatic heterocycles. The lowest BCUT2D eigenvalue weighted by Crippen LogP contribution is -2.28. The van der Waals surface area contributed by atoms with Gasteiger partial charge in [0.2, 0.25) is 11.8 Å². The first-order valence-electron chi connectivity index (χ1n) is 7.98. The molecule has 0 spiro atoms. The van der Waals surface area contributed by atoms with E-state index in [-0.39, 0.29) is 24.6 Å². The highest BCUT2D eigenvalue weighted by atomic mass is 19.4. The summed E-state index contributed by atoms with van der Waals surface area (Å²) >= 11 is 0. The molecule has 8 heteroatoms. The molecule has 3 rings (SSSR count). The van der Waals surface area contributed by atoms with Crippen LogP contribution < -0.4 is 5.32 Å². The molecule has 26 heavy (non-hydrogen) atoms. The van der Waals surface area contributed by atoms with Gasteiger partial charge >= 0.3 is 6.18 Å². The Morgan fingerprint density at radius 2 is 2.00 bits per heavy atom. The molecule has 1 aromatic carbocycles. The average Bonchev–Trinajstić information content (AvgIpc) is 2.96. The number of alkyl halides is 3. The van der Waals surface area contributed by atoms with E-state index in [4.69, 9.17) is 0 Å². The van der Waals surface area contributed by atoms with E-state index in [0.29, 0.717) is 6.54 Å². The number of anilines is 1. The van der Waals surface area contributed by atoms with Crippen LogP contribution in [0.15, 0.2) is 48.8 Å². The van der Waals surface area contributed by atoms with Crippen molar-refractivity contribution in [3.63, 3.8) is 0 Å². The number of amides is 2. The molecule has 0 radical (unpaired) electrons. The lowest BCUT2D eigenvalue weighted by atomic mass is 10.1. The van der Waals surface area contributed by atoms with Crippen molar-refractivity contribution < 1.29 is 22.8 Å². The Morgan fingerprint density at radius 1 is 1.23 bits per heavy atom. The van der Waals surface area contributed by atoms with Crippen molar-refractivity contribution in [2.24, 2.45) is 5.92 Å². The van der Waals surface area contributed by atoms with Gasteiger partial charge in [-0.1, -0.05) is 18.2 Å². The van der Waals surface area contributed by atoms with Crippen LogP contribution in [-0.4, -0.2) is 28.2 Å². The molecule has 1 atom stereocenters. The maximum absolute atomic E-state index is 13.0. The first-order valence-corrected chi connectivity index (χ1v) is 7.98. The molecule has 0 saturated carbocycles. The van der Waals surface area contributed by atoms with E-state index in [2.05, 4.69) is 10.3 Å². The fourth-order valence-corrected chi connectivity index (χ4v) is 2.89. The quantitative estimate of drug-likeness (QED) is 0.908. The molecular formula is C18H16F3N3O2. The number of nitrogens with zero attached hydrogens (tertiary/aromatic N) is 2. The van der Waals surface area contributed by atoms with Gasteiger partial charge in [-0.15, -0.1) is 0 Å². The van der Waals surface area contributed by atoms with Crippen molar-refractivity contribution in [2.75, 3.05) is 11.9 Å². The molecule has 1 aliphatic rings.